The summed E-state index contributed by atoms with van der Waals surface area (Å²) in [5, 5.41) is 0.162. The summed E-state index contributed by atoms with van der Waals surface area (Å²) in [5.41, 5.74) is 6.66. The number of hydrogen-bond acceptors (Lipinski definition) is 3. The van der Waals surface area contributed by atoms with Gasteiger partial charge in [0.2, 0.25) is 10.0 Å². The molecule has 1 rings (SSSR count). The maximum Gasteiger partial charge on any atom is 0.242 e. The van der Waals surface area contributed by atoms with Gasteiger partial charge in [0.15, 0.2) is 0 Å². The van der Waals surface area contributed by atoms with Crippen molar-refractivity contribution in [1.82, 2.24) is 4.72 Å². The number of nitrogens with two attached hydrogens (primary N) is 1. The first-order valence-corrected chi connectivity index (χ1v) is 7.36. The van der Waals surface area contributed by atoms with Crippen LogP contribution in [0.2, 0.25) is 10.0 Å². The summed E-state index contributed by atoms with van der Waals surface area (Å²) >= 11 is 11.6. The van der Waals surface area contributed by atoms with Crippen LogP contribution in [0.1, 0.15) is 13.8 Å². The molecule has 0 fully saturated rings. The van der Waals surface area contributed by atoms with E-state index < -0.39 is 10.0 Å². The van der Waals surface area contributed by atoms with Crippen LogP contribution in [0.25, 0.3) is 0 Å². The quantitative estimate of drug-likeness (QED) is 0.663. The number of rotatable bonds is 4. The molecule has 100 valence electrons. The molecule has 18 heavy (non-hydrogen) atoms. The molecule has 7 heteroatoms. The number of nitrogen functional groups attached to an aromatic ring is 1. The molecule has 0 radical (unpaired) electrons. The van der Waals surface area contributed by atoms with Crippen molar-refractivity contribution in [2.45, 2.75) is 18.7 Å². The van der Waals surface area contributed by atoms with E-state index in [-0.39, 0.29) is 27.2 Å². The third-order valence-corrected chi connectivity index (χ3v) is 4.48. The zero-order valence-corrected chi connectivity index (χ0v) is 12.3. The predicted octanol–water partition coefficient (Wildman–Crippen LogP) is 2.82. The van der Waals surface area contributed by atoms with E-state index in [0.717, 1.165) is 5.57 Å². The molecule has 1 aromatic carbocycles. The molecule has 0 bridgehead atoms. The summed E-state index contributed by atoms with van der Waals surface area (Å²) in [5.74, 6) is 0. The van der Waals surface area contributed by atoms with Gasteiger partial charge in [-0.1, -0.05) is 34.9 Å². The Morgan fingerprint density at radius 2 is 2.00 bits per heavy atom. The molecule has 0 aromatic heterocycles. The minimum absolute atomic E-state index is 0.0587. The number of benzene rings is 1. The van der Waals surface area contributed by atoms with Crippen LogP contribution in [0, 0.1) is 0 Å². The van der Waals surface area contributed by atoms with Crippen LogP contribution in [0.5, 0.6) is 0 Å². The molecule has 3 N–H and O–H groups in total. The fourth-order valence-electron chi connectivity index (χ4n) is 1.19. The van der Waals surface area contributed by atoms with Crippen LogP contribution in [-0.2, 0) is 10.0 Å². The third-order valence-electron chi connectivity index (χ3n) is 2.16. The molecule has 0 atom stereocenters. The van der Waals surface area contributed by atoms with Gasteiger partial charge in [0.05, 0.1) is 15.7 Å². The van der Waals surface area contributed by atoms with Crippen molar-refractivity contribution in [1.29, 1.82) is 0 Å². The Labute approximate surface area is 117 Å². The summed E-state index contributed by atoms with van der Waals surface area (Å²) in [7, 11) is -3.69. The molecule has 0 heterocycles. The van der Waals surface area contributed by atoms with E-state index in [9.17, 15) is 8.42 Å². The van der Waals surface area contributed by atoms with Crippen molar-refractivity contribution in [3.8, 4) is 0 Å². The number of sulfonamides is 1. The summed E-state index contributed by atoms with van der Waals surface area (Å²) in [6.07, 6.45) is 1.75. The minimum Gasteiger partial charge on any atom is -0.396 e. The van der Waals surface area contributed by atoms with Crippen LogP contribution in [0.4, 0.5) is 5.69 Å². The predicted molar refractivity (Wildman–Crippen MR) is 75.5 cm³/mol. The molecule has 0 unspecified atom stereocenters. The minimum atomic E-state index is -3.69. The Bertz CT molecular complexity index is 579. The Morgan fingerprint density at radius 1 is 1.39 bits per heavy atom. The van der Waals surface area contributed by atoms with Crippen molar-refractivity contribution in [3.63, 3.8) is 0 Å². The van der Waals surface area contributed by atoms with Gasteiger partial charge in [-0.25, -0.2) is 13.1 Å². The lowest BCUT2D eigenvalue weighted by Crippen LogP contribution is -2.24. The van der Waals surface area contributed by atoms with E-state index in [1.165, 1.54) is 12.1 Å². The fraction of sp³-hybridized carbons (Fsp3) is 0.273. The van der Waals surface area contributed by atoms with Gasteiger partial charge in [0.25, 0.3) is 0 Å². The third kappa shape index (κ3) is 3.62. The summed E-state index contributed by atoms with van der Waals surface area (Å²) in [6.45, 7) is 3.95. The Morgan fingerprint density at radius 3 is 2.56 bits per heavy atom. The van der Waals surface area contributed by atoms with E-state index in [2.05, 4.69) is 4.72 Å². The Balaban J connectivity index is 3.06. The molecule has 0 aliphatic rings. The van der Waals surface area contributed by atoms with Gasteiger partial charge in [0, 0.05) is 6.54 Å². The maximum atomic E-state index is 12.0. The van der Waals surface area contributed by atoms with Gasteiger partial charge in [-0.3, -0.25) is 0 Å². The first-order valence-electron chi connectivity index (χ1n) is 5.12. The maximum absolute atomic E-state index is 12.0. The van der Waals surface area contributed by atoms with Crippen molar-refractivity contribution < 1.29 is 8.42 Å². The lowest BCUT2D eigenvalue weighted by Gasteiger charge is -2.09. The molecule has 0 saturated carbocycles. The standard InChI is InChI=1S/C11H14Cl2N2O2S/c1-7(2)5-6-15-18(16,17)9-4-3-8(12)11(14)10(9)13/h3-5,15H,6,14H2,1-2H3. The normalized spacial score (nSPS) is 11.3. The van der Waals surface area contributed by atoms with Gasteiger partial charge in [-0.15, -0.1) is 0 Å². The summed E-state index contributed by atoms with van der Waals surface area (Å²) < 4.78 is 26.4. The molecule has 0 aliphatic carbocycles. The highest BCUT2D eigenvalue weighted by Crippen LogP contribution is 2.32. The average Bonchev–Trinajstić information content (AvgIpc) is 2.24. The molecule has 1 aromatic rings. The van der Waals surface area contributed by atoms with Crippen LogP contribution < -0.4 is 10.5 Å². The highest BCUT2D eigenvalue weighted by atomic mass is 35.5. The van der Waals surface area contributed by atoms with Crippen molar-refractivity contribution in [2.75, 3.05) is 12.3 Å². The van der Waals surface area contributed by atoms with Gasteiger partial charge < -0.3 is 5.73 Å². The van der Waals surface area contributed by atoms with E-state index in [1.54, 1.807) is 6.08 Å². The Kier molecular flexibility index (Phi) is 5.04. The number of hydrogen-bond donors (Lipinski definition) is 2. The molecule has 0 spiro atoms. The molecular weight excluding hydrogens is 295 g/mol. The topological polar surface area (TPSA) is 72.2 Å². The number of allylic oxidation sites excluding steroid dienone is 1. The largest absolute Gasteiger partial charge is 0.396 e. The van der Waals surface area contributed by atoms with Crippen molar-refractivity contribution in [2.24, 2.45) is 0 Å². The smallest absolute Gasteiger partial charge is 0.242 e. The second-order valence-electron chi connectivity index (χ2n) is 3.91. The van der Waals surface area contributed by atoms with Crippen LogP contribution in [0.3, 0.4) is 0 Å². The molecule has 0 amide bonds. The van der Waals surface area contributed by atoms with Crippen LogP contribution in [-0.4, -0.2) is 15.0 Å². The molecule has 0 saturated heterocycles. The van der Waals surface area contributed by atoms with E-state index >= 15 is 0 Å². The Hall–Kier alpha value is -0.750. The van der Waals surface area contributed by atoms with Crippen LogP contribution >= 0.6 is 23.2 Å². The number of nitrogens with one attached hydrogen (secondary N) is 1. The highest BCUT2D eigenvalue weighted by molar-refractivity contribution is 7.89. The summed E-state index contributed by atoms with van der Waals surface area (Å²) in [6, 6.07) is 2.73. The molecule has 0 aliphatic heterocycles. The summed E-state index contributed by atoms with van der Waals surface area (Å²) in [4.78, 5) is -0.0757. The SMILES string of the molecule is CC(C)=CCNS(=O)(=O)c1ccc(Cl)c(N)c1Cl. The highest BCUT2D eigenvalue weighted by Gasteiger charge is 2.19. The van der Waals surface area contributed by atoms with Gasteiger partial charge in [0.1, 0.15) is 4.90 Å². The van der Waals surface area contributed by atoms with Crippen molar-refractivity contribution in [3.05, 3.63) is 33.8 Å². The lowest BCUT2D eigenvalue weighted by molar-refractivity contribution is 0.585. The second kappa shape index (κ2) is 5.93. The number of halogens is 2. The zero-order chi connectivity index (χ0) is 13.9. The zero-order valence-electron chi connectivity index (χ0n) is 10.00. The first kappa shape index (κ1) is 15.3. The van der Waals surface area contributed by atoms with E-state index in [0.29, 0.717) is 0 Å². The van der Waals surface area contributed by atoms with Crippen LogP contribution in [0.15, 0.2) is 28.7 Å². The molecule has 4 nitrogen and oxygen atoms in total. The van der Waals surface area contributed by atoms with E-state index in [4.69, 9.17) is 28.9 Å². The lowest BCUT2D eigenvalue weighted by atomic mass is 10.3. The van der Waals surface area contributed by atoms with E-state index in [1.807, 2.05) is 13.8 Å². The first-order chi connectivity index (χ1) is 8.25. The van der Waals surface area contributed by atoms with Gasteiger partial charge in [-0.2, -0.15) is 0 Å². The monoisotopic (exact) mass is 308 g/mol. The average molecular weight is 309 g/mol. The van der Waals surface area contributed by atoms with Gasteiger partial charge >= 0.3 is 0 Å². The number of anilines is 1. The molecular formula is C11H14Cl2N2O2S. The second-order valence-corrected chi connectivity index (χ2v) is 6.43. The fourth-order valence-corrected chi connectivity index (χ4v) is 2.92. The van der Waals surface area contributed by atoms with Crippen molar-refractivity contribution >= 4 is 38.9 Å². The van der Waals surface area contributed by atoms with Gasteiger partial charge in [-0.05, 0) is 26.0 Å².